The number of ether oxygens (including phenoxy) is 1. The summed E-state index contributed by atoms with van der Waals surface area (Å²) < 4.78 is 6.08. The van der Waals surface area contributed by atoms with Crippen LogP contribution >= 0.6 is 0 Å². The Labute approximate surface area is 104 Å². The molecule has 1 N–H and O–H groups in total. The molecule has 0 aliphatic carbocycles. The van der Waals surface area contributed by atoms with Gasteiger partial charge in [-0.25, -0.2) is 14.5 Å². The zero-order valence-corrected chi connectivity index (χ0v) is 9.91. The second-order valence-electron chi connectivity index (χ2n) is 3.73. The molecule has 2 rings (SSSR count). The lowest BCUT2D eigenvalue weighted by molar-refractivity contribution is 0.0586. The van der Waals surface area contributed by atoms with E-state index >= 15 is 0 Å². The van der Waals surface area contributed by atoms with Crippen LogP contribution in [0.4, 0.5) is 0 Å². The highest BCUT2D eigenvalue weighted by Gasteiger charge is 2.10. The Morgan fingerprint density at radius 2 is 2.00 bits per heavy atom. The van der Waals surface area contributed by atoms with Gasteiger partial charge in [-0.15, -0.1) is 5.10 Å². The maximum atomic E-state index is 11.2. The predicted molar refractivity (Wildman–Crippen MR) is 62.8 cm³/mol. The van der Waals surface area contributed by atoms with E-state index in [0.29, 0.717) is 6.54 Å². The van der Waals surface area contributed by atoms with Gasteiger partial charge in [0.2, 0.25) is 0 Å². The lowest BCUT2D eigenvalue weighted by atomic mass is 10.1. The molecule has 18 heavy (non-hydrogen) atoms. The molecule has 0 amide bonds. The minimum atomic E-state index is -0.552. The second kappa shape index (κ2) is 5.42. The molecule has 0 radical (unpaired) electrons. The molecule has 94 valence electrons. The third-order valence-electron chi connectivity index (χ3n) is 2.45. The van der Waals surface area contributed by atoms with Crippen LogP contribution in [-0.4, -0.2) is 33.0 Å². The van der Waals surface area contributed by atoms with Crippen molar-refractivity contribution < 1.29 is 14.6 Å². The number of hydrogen-bond donors (Lipinski definition) is 1. The quantitative estimate of drug-likeness (QED) is 0.801. The standard InChI is InChI=1S/C12H13N3O3/c1-18-12(17)11-13-8-15(14-11)6-9-2-4-10(7-16)5-3-9/h2-5,8,16H,6-7H2,1H3. The van der Waals surface area contributed by atoms with Crippen LogP contribution in [0, 0.1) is 0 Å². The lowest BCUT2D eigenvalue weighted by Gasteiger charge is -2.02. The summed E-state index contributed by atoms with van der Waals surface area (Å²) in [6.07, 6.45) is 1.48. The van der Waals surface area contributed by atoms with Gasteiger partial charge in [0.05, 0.1) is 20.3 Å². The summed E-state index contributed by atoms with van der Waals surface area (Å²) in [6, 6.07) is 7.47. The van der Waals surface area contributed by atoms with Crippen molar-refractivity contribution >= 4 is 5.97 Å². The van der Waals surface area contributed by atoms with Gasteiger partial charge in [0.15, 0.2) is 0 Å². The number of carbonyl (C=O) groups is 1. The van der Waals surface area contributed by atoms with Crippen LogP contribution in [0.3, 0.4) is 0 Å². The Hall–Kier alpha value is -2.21. The van der Waals surface area contributed by atoms with Gasteiger partial charge in [0.25, 0.3) is 5.82 Å². The number of nitrogens with zero attached hydrogens (tertiary/aromatic N) is 3. The zero-order chi connectivity index (χ0) is 13.0. The van der Waals surface area contributed by atoms with Crippen molar-refractivity contribution in [2.24, 2.45) is 0 Å². The van der Waals surface area contributed by atoms with Gasteiger partial charge in [-0.2, -0.15) is 0 Å². The fraction of sp³-hybridized carbons (Fsp3) is 0.250. The van der Waals surface area contributed by atoms with E-state index in [1.807, 2.05) is 24.3 Å². The Bertz CT molecular complexity index is 534. The fourth-order valence-corrected chi connectivity index (χ4v) is 1.49. The summed E-state index contributed by atoms with van der Waals surface area (Å²) >= 11 is 0. The molecular weight excluding hydrogens is 234 g/mol. The van der Waals surface area contributed by atoms with Crippen LogP contribution in [0.1, 0.15) is 21.7 Å². The van der Waals surface area contributed by atoms with Crippen molar-refractivity contribution in [3.05, 3.63) is 47.5 Å². The fourth-order valence-electron chi connectivity index (χ4n) is 1.49. The Morgan fingerprint density at radius 3 is 2.61 bits per heavy atom. The van der Waals surface area contributed by atoms with E-state index in [0.717, 1.165) is 11.1 Å². The second-order valence-corrected chi connectivity index (χ2v) is 3.73. The number of aliphatic hydroxyl groups is 1. The number of aliphatic hydroxyl groups excluding tert-OH is 1. The largest absolute Gasteiger partial charge is 0.463 e. The van der Waals surface area contributed by atoms with E-state index < -0.39 is 5.97 Å². The molecule has 2 aromatic rings. The Morgan fingerprint density at radius 1 is 1.33 bits per heavy atom. The highest BCUT2D eigenvalue weighted by Crippen LogP contribution is 2.06. The molecule has 6 heteroatoms. The van der Waals surface area contributed by atoms with Crippen LogP contribution in [0.2, 0.25) is 0 Å². The molecule has 6 nitrogen and oxygen atoms in total. The maximum Gasteiger partial charge on any atom is 0.377 e. The molecule has 0 bridgehead atoms. The van der Waals surface area contributed by atoms with Crippen molar-refractivity contribution in [1.29, 1.82) is 0 Å². The van der Waals surface area contributed by atoms with Crippen molar-refractivity contribution in [1.82, 2.24) is 14.8 Å². The monoisotopic (exact) mass is 247 g/mol. The highest BCUT2D eigenvalue weighted by atomic mass is 16.5. The van der Waals surface area contributed by atoms with E-state index in [9.17, 15) is 4.79 Å². The molecule has 0 saturated carbocycles. The first-order valence-electron chi connectivity index (χ1n) is 5.39. The number of aromatic nitrogens is 3. The summed E-state index contributed by atoms with van der Waals surface area (Å²) in [5.41, 5.74) is 1.86. The van der Waals surface area contributed by atoms with Crippen LogP contribution in [0.25, 0.3) is 0 Å². The zero-order valence-electron chi connectivity index (χ0n) is 9.91. The van der Waals surface area contributed by atoms with Gasteiger partial charge < -0.3 is 9.84 Å². The number of carbonyl (C=O) groups excluding carboxylic acids is 1. The molecule has 0 saturated heterocycles. The molecule has 0 fully saturated rings. The number of rotatable bonds is 4. The van der Waals surface area contributed by atoms with Crippen molar-refractivity contribution in [2.75, 3.05) is 7.11 Å². The molecule has 1 heterocycles. The van der Waals surface area contributed by atoms with Gasteiger partial charge in [-0.05, 0) is 11.1 Å². The predicted octanol–water partition coefficient (Wildman–Crippen LogP) is 0.605. The van der Waals surface area contributed by atoms with Crippen molar-refractivity contribution in [2.45, 2.75) is 13.2 Å². The van der Waals surface area contributed by atoms with Crippen molar-refractivity contribution in [3.8, 4) is 0 Å². The van der Waals surface area contributed by atoms with Crippen LogP contribution in [0.5, 0.6) is 0 Å². The first kappa shape index (κ1) is 12.3. The summed E-state index contributed by atoms with van der Waals surface area (Å²) in [7, 11) is 1.29. The molecule has 1 aromatic carbocycles. The molecule has 0 unspecified atom stereocenters. The molecule has 0 aliphatic rings. The minimum absolute atomic E-state index is 0.0239. The number of esters is 1. The van der Waals surface area contributed by atoms with E-state index in [-0.39, 0.29) is 12.4 Å². The Kier molecular flexibility index (Phi) is 3.69. The van der Waals surface area contributed by atoms with Gasteiger partial charge in [-0.3, -0.25) is 0 Å². The van der Waals surface area contributed by atoms with Gasteiger partial charge in [0, 0.05) is 0 Å². The first-order chi connectivity index (χ1) is 8.72. The third kappa shape index (κ3) is 2.72. The number of methoxy groups -OCH3 is 1. The topological polar surface area (TPSA) is 77.2 Å². The summed E-state index contributed by atoms with van der Waals surface area (Å²) in [4.78, 5) is 15.0. The van der Waals surface area contributed by atoms with Gasteiger partial charge in [0.1, 0.15) is 6.33 Å². The van der Waals surface area contributed by atoms with Crippen LogP contribution in [-0.2, 0) is 17.9 Å². The normalized spacial score (nSPS) is 10.3. The number of benzene rings is 1. The molecule has 0 spiro atoms. The summed E-state index contributed by atoms with van der Waals surface area (Å²) in [5, 5.41) is 12.9. The molecule has 0 atom stereocenters. The Balaban J connectivity index is 2.08. The van der Waals surface area contributed by atoms with Gasteiger partial charge in [-0.1, -0.05) is 24.3 Å². The summed E-state index contributed by atoms with van der Waals surface area (Å²) in [5.74, 6) is -0.506. The average Bonchev–Trinajstić information content (AvgIpc) is 2.87. The minimum Gasteiger partial charge on any atom is -0.463 e. The molecule has 0 aliphatic heterocycles. The highest BCUT2D eigenvalue weighted by molar-refractivity contribution is 5.84. The average molecular weight is 247 g/mol. The maximum absolute atomic E-state index is 11.2. The van der Waals surface area contributed by atoms with E-state index in [4.69, 9.17) is 5.11 Å². The third-order valence-corrected chi connectivity index (χ3v) is 2.45. The van der Waals surface area contributed by atoms with E-state index in [1.165, 1.54) is 13.4 Å². The van der Waals surface area contributed by atoms with Crippen LogP contribution in [0.15, 0.2) is 30.6 Å². The summed E-state index contributed by atoms with van der Waals surface area (Å²) in [6.45, 7) is 0.534. The number of hydrogen-bond acceptors (Lipinski definition) is 5. The molecule has 1 aromatic heterocycles. The smallest absolute Gasteiger partial charge is 0.377 e. The van der Waals surface area contributed by atoms with Crippen molar-refractivity contribution in [3.63, 3.8) is 0 Å². The van der Waals surface area contributed by atoms with Gasteiger partial charge >= 0.3 is 5.97 Å². The van der Waals surface area contributed by atoms with Crippen LogP contribution < -0.4 is 0 Å². The lowest BCUT2D eigenvalue weighted by Crippen LogP contribution is -2.06. The first-order valence-corrected chi connectivity index (χ1v) is 5.39. The van der Waals surface area contributed by atoms with E-state index in [2.05, 4.69) is 14.8 Å². The molecular formula is C12H13N3O3. The van der Waals surface area contributed by atoms with E-state index in [1.54, 1.807) is 4.68 Å². The SMILES string of the molecule is COC(=O)c1ncn(Cc2ccc(CO)cc2)n1.